The van der Waals surface area contributed by atoms with Gasteiger partial charge >= 0.3 is 5.97 Å². The van der Waals surface area contributed by atoms with Gasteiger partial charge in [0.05, 0.1) is 25.4 Å². The van der Waals surface area contributed by atoms with Gasteiger partial charge in [-0.3, -0.25) is 9.59 Å². The lowest BCUT2D eigenvalue weighted by molar-refractivity contribution is -0.143. The molecule has 0 rings (SSSR count). The van der Waals surface area contributed by atoms with Gasteiger partial charge in [-0.05, 0) is 51.4 Å². The molecule has 0 aromatic heterocycles. The van der Waals surface area contributed by atoms with E-state index >= 15 is 0 Å². The van der Waals surface area contributed by atoms with Gasteiger partial charge in [-0.1, -0.05) is 366 Å². The van der Waals surface area contributed by atoms with E-state index in [-0.39, 0.29) is 18.5 Å². The van der Waals surface area contributed by atoms with Crippen LogP contribution in [0, 0.1) is 0 Å². The number of esters is 1. The predicted octanol–water partition coefficient (Wildman–Crippen LogP) is 23.3. The van der Waals surface area contributed by atoms with E-state index in [1.54, 1.807) is 0 Å². The van der Waals surface area contributed by atoms with Crippen molar-refractivity contribution in [1.82, 2.24) is 5.32 Å². The summed E-state index contributed by atoms with van der Waals surface area (Å²) in [5.41, 5.74) is 0. The minimum atomic E-state index is -0.662. The minimum Gasteiger partial charge on any atom is -0.466 e. The molecule has 0 aromatic rings. The van der Waals surface area contributed by atoms with Crippen LogP contribution < -0.4 is 5.32 Å². The Labute approximate surface area is 494 Å². The molecule has 0 aromatic carbocycles. The molecule has 6 heteroatoms. The third-order valence-corrected chi connectivity index (χ3v) is 17.0. The molecule has 1 amide bonds. The lowest BCUT2D eigenvalue weighted by Crippen LogP contribution is -2.45. The van der Waals surface area contributed by atoms with Crippen LogP contribution in [0.4, 0.5) is 0 Å². The number of carbonyl (C=O) groups is 2. The van der Waals surface area contributed by atoms with Crippen molar-refractivity contribution in [2.45, 2.75) is 418 Å². The number of nitrogens with one attached hydrogen (secondary N) is 1. The SMILES string of the molecule is CCCC/C=C\C/C=C\CCCCCCCC(=O)OCCCCCCCCCCCCCCCCCCCCCCCCCCCCCCCCC(=O)NC(CO)C(O)CCCCCCCCCCCCCCCCCCCC. The van der Waals surface area contributed by atoms with E-state index in [1.807, 2.05) is 0 Å². The second-order valence-electron chi connectivity index (χ2n) is 24.9. The van der Waals surface area contributed by atoms with Crippen LogP contribution >= 0.6 is 0 Å². The Bertz CT molecular complexity index is 1230. The summed E-state index contributed by atoms with van der Waals surface area (Å²) in [6, 6.07) is -0.539. The molecule has 0 saturated carbocycles. The summed E-state index contributed by atoms with van der Waals surface area (Å²) in [4.78, 5) is 24.6. The van der Waals surface area contributed by atoms with E-state index < -0.39 is 12.1 Å². The van der Waals surface area contributed by atoms with Crippen molar-refractivity contribution in [1.29, 1.82) is 0 Å². The summed E-state index contributed by atoms with van der Waals surface area (Å²) in [6.07, 6.45) is 86.6. The zero-order valence-corrected chi connectivity index (χ0v) is 53.6. The minimum absolute atomic E-state index is 0.00609. The Kier molecular flexibility index (Phi) is 67.4. The third-order valence-electron chi connectivity index (χ3n) is 17.0. The number of rotatable bonds is 68. The first-order valence-electron chi connectivity index (χ1n) is 36.1. The smallest absolute Gasteiger partial charge is 0.305 e. The van der Waals surface area contributed by atoms with Crippen molar-refractivity contribution in [3.63, 3.8) is 0 Å². The number of hydrogen-bond acceptors (Lipinski definition) is 5. The Hall–Kier alpha value is -1.66. The lowest BCUT2D eigenvalue weighted by Gasteiger charge is -2.22. The van der Waals surface area contributed by atoms with E-state index in [1.165, 1.54) is 321 Å². The molecule has 0 radical (unpaired) electrons. The van der Waals surface area contributed by atoms with Crippen LogP contribution in [0.3, 0.4) is 0 Å². The zero-order valence-electron chi connectivity index (χ0n) is 53.6. The number of unbranched alkanes of at least 4 members (excludes halogenated alkanes) is 53. The molecule has 0 spiro atoms. The van der Waals surface area contributed by atoms with Crippen LogP contribution in [0.2, 0.25) is 0 Å². The topological polar surface area (TPSA) is 95.9 Å². The first-order chi connectivity index (χ1) is 39.0. The molecular formula is C73H141NO5. The van der Waals surface area contributed by atoms with Crippen molar-refractivity contribution < 1.29 is 24.5 Å². The zero-order chi connectivity index (χ0) is 57.1. The quantitative estimate of drug-likeness (QED) is 0.0320. The molecule has 0 aliphatic rings. The summed E-state index contributed by atoms with van der Waals surface area (Å²) < 4.78 is 5.48. The lowest BCUT2D eigenvalue weighted by atomic mass is 10.0. The van der Waals surface area contributed by atoms with Crippen LogP contribution in [0.5, 0.6) is 0 Å². The van der Waals surface area contributed by atoms with Crippen molar-refractivity contribution in [3.05, 3.63) is 24.3 Å². The highest BCUT2D eigenvalue weighted by Gasteiger charge is 2.20. The van der Waals surface area contributed by atoms with Gasteiger partial charge < -0.3 is 20.3 Å². The molecule has 0 aliphatic carbocycles. The molecule has 6 nitrogen and oxygen atoms in total. The second-order valence-corrected chi connectivity index (χ2v) is 24.9. The maximum atomic E-state index is 12.5. The van der Waals surface area contributed by atoms with Gasteiger partial charge in [-0.25, -0.2) is 0 Å². The summed E-state index contributed by atoms with van der Waals surface area (Å²) >= 11 is 0. The third kappa shape index (κ3) is 65.4. The number of aliphatic hydroxyl groups is 2. The molecule has 2 unspecified atom stereocenters. The maximum Gasteiger partial charge on any atom is 0.305 e. The van der Waals surface area contributed by atoms with Gasteiger partial charge in [0, 0.05) is 12.8 Å². The second kappa shape index (κ2) is 68.8. The predicted molar refractivity (Wildman–Crippen MR) is 347 cm³/mol. The van der Waals surface area contributed by atoms with Gasteiger partial charge in [0.15, 0.2) is 0 Å². The van der Waals surface area contributed by atoms with Crippen LogP contribution in [0.1, 0.15) is 406 Å². The summed E-state index contributed by atoms with van der Waals surface area (Å²) in [6.45, 7) is 4.95. The fraction of sp³-hybridized carbons (Fsp3) is 0.918. The molecule has 3 N–H and O–H groups in total. The highest BCUT2D eigenvalue weighted by atomic mass is 16.5. The standard InChI is InChI=1S/C73H141NO5/c1-3-5-7-9-11-13-15-17-19-20-35-38-41-45-49-53-57-61-65-71(76)70(69-75)74-72(77)66-62-58-54-50-46-42-39-36-33-31-29-27-25-23-21-22-24-26-28-30-32-34-37-40-44-48-52-56-60-64-68-79-73(78)67-63-59-55-51-47-43-18-16-14-12-10-8-6-4-2/h10,12,16,18,70-71,75-76H,3-9,11,13-15,17,19-69H2,1-2H3,(H,74,77)/b12-10-,18-16-. The number of ether oxygens (including phenoxy) is 1. The van der Waals surface area contributed by atoms with Crippen LogP contribution in [-0.2, 0) is 14.3 Å². The number of amides is 1. The highest BCUT2D eigenvalue weighted by Crippen LogP contribution is 2.19. The van der Waals surface area contributed by atoms with Crippen LogP contribution in [0.25, 0.3) is 0 Å². The van der Waals surface area contributed by atoms with E-state index in [0.717, 1.165) is 51.4 Å². The number of carbonyl (C=O) groups excluding carboxylic acids is 2. The highest BCUT2D eigenvalue weighted by molar-refractivity contribution is 5.76. The largest absolute Gasteiger partial charge is 0.466 e. The van der Waals surface area contributed by atoms with Crippen LogP contribution in [0.15, 0.2) is 24.3 Å². The molecule has 0 aliphatic heterocycles. The van der Waals surface area contributed by atoms with E-state index in [4.69, 9.17) is 4.74 Å². The Morgan fingerprint density at radius 1 is 0.354 bits per heavy atom. The number of aliphatic hydroxyl groups excluding tert-OH is 2. The number of allylic oxidation sites excluding steroid dienone is 4. The van der Waals surface area contributed by atoms with E-state index in [0.29, 0.717) is 25.9 Å². The average Bonchev–Trinajstić information content (AvgIpc) is 3.45. The van der Waals surface area contributed by atoms with Crippen molar-refractivity contribution in [2.75, 3.05) is 13.2 Å². The van der Waals surface area contributed by atoms with Crippen molar-refractivity contribution in [3.8, 4) is 0 Å². The fourth-order valence-corrected chi connectivity index (χ4v) is 11.5. The summed E-state index contributed by atoms with van der Waals surface area (Å²) in [7, 11) is 0. The molecule has 0 fully saturated rings. The average molecular weight is 1110 g/mol. The molecule has 0 saturated heterocycles. The fourth-order valence-electron chi connectivity index (χ4n) is 11.5. The van der Waals surface area contributed by atoms with Gasteiger partial charge in [-0.15, -0.1) is 0 Å². The number of hydrogen-bond donors (Lipinski definition) is 3. The molecule has 79 heavy (non-hydrogen) atoms. The molecule has 0 heterocycles. The van der Waals surface area contributed by atoms with Gasteiger partial charge in [-0.2, -0.15) is 0 Å². The Morgan fingerprint density at radius 2 is 0.646 bits per heavy atom. The van der Waals surface area contributed by atoms with Crippen molar-refractivity contribution >= 4 is 11.9 Å². The monoisotopic (exact) mass is 1110 g/mol. The maximum absolute atomic E-state index is 12.5. The molecular weight excluding hydrogens is 971 g/mol. The van der Waals surface area contributed by atoms with Gasteiger partial charge in [0.1, 0.15) is 0 Å². The first kappa shape index (κ1) is 77.3. The van der Waals surface area contributed by atoms with Crippen LogP contribution in [-0.4, -0.2) is 47.4 Å². The summed E-state index contributed by atoms with van der Waals surface area (Å²) in [5.74, 6) is -0.0210. The molecule has 468 valence electrons. The normalized spacial score (nSPS) is 12.6. The summed E-state index contributed by atoms with van der Waals surface area (Å²) in [5, 5.41) is 23.4. The first-order valence-corrected chi connectivity index (χ1v) is 36.1. The van der Waals surface area contributed by atoms with E-state index in [9.17, 15) is 19.8 Å². The molecule has 2 atom stereocenters. The Morgan fingerprint density at radius 3 is 1.00 bits per heavy atom. The van der Waals surface area contributed by atoms with Crippen molar-refractivity contribution in [2.24, 2.45) is 0 Å². The van der Waals surface area contributed by atoms with Gasteiger partial charge in [0.2, 0.25) is 5.91 Å². The molecule has 0 bridgehead atoms. The van der Waals surface area contributed by atoms with E-state index in [2.05, 4.69) is 43.5 Å². The van der Waals surface area contributed by atoms with Gasteiger partial charge in [0.25, 0.3) is 0 Å². The Balaban J connectivity index is 3.33.